The van der Waals surface area contributed by atoms with Crippen molar-refractivity contribution in [2.45, 2.75) is 61.3 Å². The molecule has 0 radical (unpaired) electrons. The molecule has 1 aromatic rings. The molecule has 0 aliphatic carbocycles. The molecule has 0 saturated heterocycles. The van der Waals surface area contributed by atoms with Crippen LogP contribution in [0.15, 0.2) is 46.9 Å². The number of thioether (sulfide) groups is 1. The second kappa shape index (κ2) is 17.0. The van der Waals surface area contributed by atoms with Crippen molar-refractivity contribution in [3.8, 4) is 0 Å². The SMILES string of the molecule is C=C(C)SC(C)=N/C=C(/c1cccc(F)c1)C(C)C.CC.CCCCN. The topological polar surface area (TPSA) is 38.4 Å². The summed E-state index contributed by atoms with van der Waals surface area (Å²) in [5.41, 5.74) is 7.05. The molecule has 1 aromatic carbocycles. The maximum absolute atomic E-state index is 13.3. The van der Waals surface area contributed by atoms with Crippen molar-refractivity contribution in [3.63, 3.8) is 0 Å². The van der Waals surface area contributed by atoms with Crippen LogP contribution in [0.25, 0.3) is 5.57 Å². The quantitative estimate of drug-likeness (QED) is 0.416. The third kappa shape index (κ3) is 13.9. The number of rotatable bonds is 6. The average molecular weight is 381 g/mol. The lowest BCUT2D eigenvalue weighted by atomic mass is 9.96. The Bertz CT molecular complexity index is 561. The van der Waals surface area contributed by atoms with E-state index in [0.29, 0.717) is 0 Å². The summed E-state index contributed by atoms with van der Waals surface area (Å²) < 4.78 is 13.3. The van der Waals surface area contributed by atoms with Crippen molar-refractivity contribution in [3.05, 3.63) is 53.3 Å². The predicted molar refractivity (Wildman–Crippen MR) is 120 cm³/mol. The van der Waals surface area contributed by atoms with Crippen LogP contribution in [0.2, 0.25) is 0 Å². The zero-order chi connectivity index (χ0) is 20.5. The van der Waals surface area contributed by atoms with Gasteiger partial charge in [0.1, 0.15) is 5.82 Å². The normalized spacial score (nSPS) is 11.3. The fourth-order valence-electron chi connectivity index (χ4n) is 1.87. The summed E-state index contributed by atoms with van der Waals surface area (Å²) >= 11 is 1.54. The summed E-state index contributed by atoms with van der Waals surface area (Å²) in [5, 5.41) is 0.932. The van der Waals surface area contributed by atoms with Crippen molar-refractivity contribution < 1.29 is 4.39 Å². The van der Waals surface area contributed by atoms with Crippen LogP contribution in [0.4, 0.5) is 4.39 Å². The first-order valence-electron chi connectivity index (χ1n) is 9.35. The Labute approximate surface area is 164 Å². The molecule has 148 valence electrons. The van der Waals surface area contributed by atoms with Crippen molar-refractivity contribution in [1.29, 1.82) is 0 Å². The van der Waals surface area contributed by atoms with E-state index in [1.165, 1.54) is 18.9 Å². The van der Waals surface area contributed by atoms with E-state index in [4.69, 9.17) is 5.73 Å². The molecule has 0 bridgehead atoms. The Morgan fingerprint density at radius 2 is 1.92 bits per heavy atom. The molecule has 0 atom stereocenters. The van der Waals surface area contributed by atoms with Crippen LogP contribution in [0.5, 0.6) is 0 Å². The summed E-state index contributed by atoms with van der Waals surface area (Å²) in [7, 11) is 0. The number of aliphatic imine (C=N–C) groups is 1. The molecule has 4 heteroatoms. The van der Waals surface area contributed by atoms with E-state index in [9.17, 15) is 4.39 Å². The van der Waals surface area contributed by atoms with E-state index in [-0.39, 0.29) is 11.7 Å². The summed E-state index contributed by atoms with van der Waals surface area (Å²) in [6.07, 6.45) is 4.21. The molecule has 0 aliphatic rings. The van der Waals surface area contributed by atoms with Crippen LogP contribution >= 0.6 is 11.8 Å². The minimum absolute atomic E-state index is 0.221. The lowest BCUT2D eigenvalue weighted by Crippen LogP contribution is -1.95. The zero-order valence-corrected chi connectivity index (χ0v) is 18.4. The molecule has 1 rings (SSSR count). The Kier molecular flexibility index (Phi) is 17.6. The monoisotopic (exact) mass is 380 g/mol. The zero-order valence-electron chi connectivity index (χ0n) is 17.6. The second-order valence-corrected chi connectivity index (χ2v) is 7.34. The largest absolute Gasteiger partial charge is 0.330 e. The van der Waals surface area contributed by atoms with Gasteiger partial charge in [0.2, 0.25) is 0 Å². The highest BCUT2D eigenvalue weighted by molar-refractivity contribution is 8.17. The van der Waals surface area contributed by atoms with Crippen molar-refractivity contribution in [2.24, 2.45) is 16.6 Å². The average Bonchev–Trinajstić information content (AvgIpc) is 2.57. The van der Waals surface area contributed by atoms with Gasteiger partial charge in [0, 0.05) is 6.20 Å². The molecular formula is C22H37FN2S. The number of nitrogens with two attached hydrogens (primary N) is 1. The summed E-state index contributed by atoms with van der Waals surface area (Å²) in [6, 6.07) is 6.63. The van der Waals surface area contributed by atoms with Gasteiger partial charge in [-0.1, -0.05) is 71.5 Å². The van der Waals surface area contributed by atoms with Crippen molar-refractivity contribution >= 4 is 22.4 Å². The molecule has 0 aliphatic heterocycles. The van der Waals surface area contributed by atoms with E-state index in [2.05, 4.69) is 32.3 Å². The molecule has 0 fully saturated rings. The Morgan fingerprint density at radius 3 is 2.31 bits per heavy atom. The first-order valence-corrected chi connectivity index (χ1v) is 10.2. The standard InChI is InChI=1S/C16H20FNS.C4H11N.C2H6/c1-11(2)16(10-18-13(5)19-12(3)4)14-7-6-8-15(17)9-14;1-2-3-4-5;1-2/h6-11H,3H2,1-2,4-5H3;2-5H2,1H3;1-2H3/b16-10+,18-13?;;. The Balaban J connectivity index is 0. The van der Waals surface area contributed by atoms with Crippen LogP contribution in [-0.2, 0) is 0 Å². The first-order chi connectivity index (χ1) is 12.3. The number of hydrogen-bond donors (Lipinski definition) is 1. The van der Waals surface area contributed by atoms with Gasteiger partial charge in [-0.05, 0) is 60.9 Å². The number of nitrogens with zero attached hydrogens (tertiary/aromatic N) is 1. The lowest BCUT2D eigenvalue weighted by molar-refractivity contribution is 0.627. The molecule has 0 amide bonds. The predicted octanol–water partition coefficient (Wildman–Crippen LogP) is 7.28. The first kappa shape index (κ1) is 26.8. The highest BCUT2D eigenvalue weighted by Crippen LogP contribution is 2.24. The number of benzene rings is 1. The minimum atomic E-state index is -0.221. The molecular weight excluding hydrogens is 343 g/mol. The Hall–Kier alpha value is -1.39. The van der Waals surface area contributed by atoms with Gasteiger partial charge in [-0.3, -0.25) is 4.99 Å². The number of halogens is 1. The number of hydrogen-bond acceptors (Lipinski definition) is 3. The third-order valence-corrected chi connectivity index (χ3v) is 3.79. The summed E-state index contributed by atoms with van der Waals surface area (Å²) in [6.45, 7) is 18.9. The van der Waals surface area contributed by atoms with Gasteiger partial charge in [0.05, 0.1) is 5.04 Å². The van der Waals surface area contributed by atoms with Gasteiger partial charge in [-0.25, -0.2) is 4.39 Å². The molecule has 2 N–H and O–H groups in total. The van der Waals surface area contributed by atoms with Gasteiger partial charge >= 0.3 is 0 Å². The van der Waals surface area contributed by atoms with Crippen LogP contribution in [-0.4, -0.2) is 11.6 Å². The van der Waals surface area contributed by atoms with Crippen LogP contribution in [0, 0.1) is 11.7 Å². The number of unbranched alkanes of at least 4 members (excludes halogenated alkanes) is 1. The number of allylic oxidation sites excluding steroid dienone is 2. The van der Waals surface area contributed by atoms with E-state index in [1.54, 1.807) is 23.9 Å². The summed E-state index contributed by atoms with van der Waals surface area (Å²) in [4.78, 5) is 5.43. The van der Waals surface area contributed by atoms with E-state index >= 15 is 0 Å². The van der Waals surface area contributed by atoms with Gasteiger partial charge < -0.3 is 5.73 Å². The van der Waals surface area contributed by atoms with E-state index < -0.39 is 0 Å². The second-order valence-electron chi connectivity index (χ2n) is 5.84. The van der Waals surface area contributed by atoms with Gasteiger partial charge in [0.15, 0.2) is 0 Å². The lowest BCUT2D eigenvalue weighted by Gasteiger charge is -2.11. The van der Waals surface area contributed by atoms with Crippen molar-refractivity contribution in [1.82, 2.24) is 0 Å². The molecule has 0 unspecified atom stereocenters. The molecule has 26 heavy (non-hydrogen) atoms. The highest BCUT2D eigenvalue weighted by atomic mass is 32.2. The molecule has 0 aromatic heterocycles. The van der Waals surface area contributed by atoms with E-state index in [1.807, 2.05) is 40.0 Å². The Morgan fingerprint density at radius 1 is 1.31 bits per heavy atom. The molecule has 2 nitrogen and oxygen atoms in total. The smallest absolute Gasteiger partial charge is 0.123 e. The van der Waals surface area contributed by atoms with Gasteiger partial charge in [-0.2, -0.15) is 0 Å². The molecule has 0 spiro atoms. The third-order valence-electron chi connectivity index (χ3n) is 3.05. The maximum atomic E-state index is 13.3. The van der Waals surface area contributed by atoms with Crippen LogP contribution < -0.4 is 5.73 Å². The van der Waals surface area contributed by atoms with E-state index in [0.717, 1.165) is 27.6 Å². The highest BCUT2D eigenvalue weighted by Gasteiger charge is 2.07. The maximum Gasteiger partial charge on any atom is 0.123 e. The molecule has 0 saturated carbocycles. The van der Waals surface area contributed by atoms with Gasteiger partial charge in [-0.15, -0.1) is 0 Å². The minimum Gasteiger partial charge on any atom is -0.330 e. The fourth-order valence-corrected chi connectivity index (χ4v) is 2.48. The summed E-state index contributed by atoms with van der Waals surface area (Å²) in [5.74, 6) is 0.0641. The van der Waals surface area contributed by atoms with Crippen LogP contribution in [0.3, 0.4) is 0 Å². The fraction of sp³-hybridized carbons (Fsp3) is 0.500. The molecule has 0 heterocycles. The van der Waals surface area contributed by atoms with Crippen molar-refractivity contribution in [2.75, 3.05) is 6.54 Å². The van der Waals surface area contributed by atoms with Crippen LogP contribution in [0.1, 0.15) is 66.9 Å². The van der Waals surface area contributed by atoms with Gasteiger partial charge in [0.25, 0.3) is 0 Å².